The summed E-state index contributed by atoms with van der Waals surface area (Å²) in [4.78, 5) is 2.51. The molecule has 1 heterocycles. The van der Waals surface area contributed by atoms with Crippen molar-refractivity contribution in [2.45, 2.75) is 6.82 Å². The lowest BCUT2D eigenvalue weighted by molar-refractivity contribution is 0.315. The Morgan fingerprint density at radius 2 is 2.56 bits per heavy atom. The molecule has 0 aliphatic heterocycles. The molecule has 7 heteroatoms. The number of rotatable bonds is 6. The van der Waals surface area contributed by atoms with E-state index in [0.29, 0.717) is 18.8 Å². The van der Waals surface area contributed by atoms with Gasteiger partial charge in [-0.25, -0.2) is 4.37 Å². The van der Waals surface area contributed by atoms with Crippen LogP contribution in [0.15, 0.2) is 30.1 Å². The summed E-state index contributed by atoms with van der Waals surface area (Å²) in [5.74, 6) is 0. The van der Waals surface area contributed by atoms with Gasteiger partial charge in [0, 0.05) is 19.3 Å². The average molecular weight is 239 g/mol. The largest absolute Gasteiger partial charge is 0.437 e. The summed E-state index contributed by atoms with van der Waals surface area (Å²) in [5, 5.41) is 21.7. The molecule has 5 nitrogen and oxygen atoms in total. The second-order valence-electron chi connectivity index (χ2n) is 3.27. The van der Waals surface area contributed by atoms with E-state index in [2.05, 4.69) is 16.1 Å². The molecule has 0 saturated heterocycles. The Balaban J connectivity index is 2.72. The van der Waals surface area contributed by atoms with Crippen molar-refractivity contribution in [2.75, 3.05) is 13.1 Å². The molecule has 0 spiro atoms. The molecule has 0 unspecified atom stereocenters. The standard InChI is InChI=1S/C9H14BN3O2S/c1-3-6-13(10(2)14)7-8(12-15)9-4-5-11-16-9/h3-5,14-15H,1,6-7H2,2H3/b12-8-. The molecule has 0 radical (unpaired) electrons. The van der Waals surface area contributed by atoms with Crippen LogP contribution in [0, 0.1) is 0 Å². The molecule has 2 N–H and O–H groups in total. The van der Waals surface area contributed by atoms with E-state index in [-0.39, 0.29) is 0 Å². The molecular formula is C9H14BN3O2S. The van der Waals surface area contributed by atoms with Gasteiger partial charge in [-0.1, -0.05) is 11.2 Å². The van der Waals surface area contributed by atoms with Gasteiger partial charge < -0.3 is 15.0 Å². The van der Waals surface area contributed by atoms with E-state index in [0.717, 1.165) is 4.88 Å². The Morgan fingerprint density at radius 3 is 3.00 bits per heavy atom. The highest BCUT2D eigenvalue weighted by Crippen LogP contribution is 2.08. The lowest BCUT2D eigenvalue weighted by atomic mass is 9.84. The molecule has 0 aliphatic rings. The first-order valence-corrected chi connectivity index (χ1v) is 5.61. The van der Waals surface area contributed by atoms with Crippen molar-refractivity contribution in [3.05, 3.63) is 29.8 Å². The van der Waals surface area contributed by atoms with Gasteiger partial charge in [0.25, 0.3) is 0 Å². The van der Waals surface area contributed by atoms with E-state index in [4.69, 9.17) is 5.21 Å². The second kappa shape index (κ2) is 6.42. The Kier molecular flexibility index (Phi) is 5.17. The van der Waals surface area contributed by atoms with Crippen LogP contribution in [0.25, 0.3) is 0 Å². The van der Waals surface area contributed by atoms with Gasteiger partial charge in [-0.2, -0.15) is 0 Å². The van der Waals surface area contributed by atoms with Crippen molar-refractivity contribution in [3.63, 3.8) is 0 Å². The molecule has 86 valence electrons. The van der Waals surface area contributed by atoms with Crippen LogP contribution in [0.2, 0.25) is 6.82 Å². The van der Waals surface area contributed by atoms with E-state index in [9.17, 15) is 5.02 Å². The minimum atomic E-state index is -0.623. The number of hydrogen-bond donors (Lipinski definition) is 2. The summed E-state index contributed by atoms with van der Waals surface area (Å²) >= 11 is 1.25. The van der Waals surface area contributed by atoms with E-state index in [1.54, 1.807) is 30.0 Å². The summed E-state index contributed by atoms with van der Waals surface area (Å²) in [6.07, 6.45) is 3.33. The van der Waals surface area contributed by atoms with Gasteiger partial charge in [0.15, 0.2) is 0 Å². The Bertz CT molecular complexity index is 354. The van der Waals surface area contributed by atoms with Crippen molar-refractivity contribution in [1.29, 1.82) is 0 Å². The fourth-order valence-electron chi connectivity index (χ4n) is 1.23. The van der Waals surface area contributed by atoms with Gasteiger partial charge in [0.2, 0.25) is 0 Å². The van der Waals surface area contributed by atoms with Gasteiger partial charge in [-0.3, -0.25) is 0 Å². The number of oxime groups is 1. The van der Waals surface area contributed by atoms with Gasteiger partial charge in [0.1, 0.15) is 5.71 Å². The second-order valence-corrected chi connectivity index (χ2v) is 4.11. The topological polar surface area (TPSA) is 69.0 Å². The first-order chi connectivity index (χ1) is 7.69. The normalized spacial score (nSPS) is 11.8. The van der Waals surface area contributed by atoms with Crippen LogP contribution in [0.1, 0.15) is 4.88 Å². The van der Waals surface area contributed by atoms with Crippen LogP contribution in [-0.2, 0) is 0 Å². The SMILES string of the molecule is C=CCN(C/C(=N/O)c1ccns1)B(C)O. The molecule has 16 heavy (non-hydrogen) atoms. The molecule has 0 aromatic carbocycles. The minimum Gasteiger partial charge on any atom is -0.437 e. The van der Waals surface area contributed by atoms with Crippen molar-refractivity contribution in [1.82, 2.24) is 9.18 Å². The average Bonchev–Trinajstić information content (AvgIpc) is 2.77. The van der Waals surface area contributed by atoms with E-state index < -0.39 is 7.05 Å². The predicted octanol–water partition coefficient (Wildman–Crippen LogP) is 0.920. The van der Waals surface area contributed by atoms with Crippen LogP contribution >= 0.6 is 11.5 Å². The zero-order valence-corrected chi connectivity index (χ0v) is 9.89. The predicted molar refractivity (Wildman–Crippen MR) is 66.0 cm³/mol. The Hall–Kier alpha value is -1.18. The minimum absolute atomic E-state index is 0.350. The summed E-state index contributed by atoms with van der Waals surface area (Å²) in [5.41, 5.74) is 0.491. The molecule has 0 fully saturated rings. The van der Waals surface area contributed by atoms with Gasteiger partial charge in [-0.15, -0.1) is 6.58 Å². The summed E-state index contributed by atoms with van der Waals surface area (Å²) in [6, 6.07) is 1.77. The van der Waals surface area contributed by atoms with Gasteiger partial charge in [-0.05, 0) is 24.4 Å². The third-order valence-electron chi connectivity index (χ3n) is 2.09. The Labute approximate surface area is 99.0 Å². The fraction of sp³-hybridized carbons (Fsp3) is 0.333. The molecule has 1 aromatic rings. The van der Waals surface area contributed by atoms with Gasteiger partial charge >= 0.3 is 7.05 Å². The van der Waals surface area contributed by atoms with Crippen molar-refractivity contribution < 1.29 is 10.2 Å². The third-order valence-corrected chi connectivity index (χ3v) is 2.88. The molecule has 1 aromatic heterocycles. The lowest BCUT2D eigenvalue weighted by Gasteiger charge is -2.20. The van der Waals surface area contributed by atoms with E-state index >= 15 is 0 Å². The van der Waals surface area contributed by atoms with Crippen molar-refractivity contribution in [2.24, 2.45) is 5.16 Å². The third kappa shape index (κ3) is 3.44. The van der Waals surface area contributed by atoms with Crippen LogP contribution in [0.4, 0.5) is 0 Å². The smallest absolute Gasteiger partial charge is 0.377 e. The molecule has 0 amide bonds. The monoisotopic (exact) mass is 239 g/mol. The van der Waals surface area contributed by atoms with Crippen LogP contribution in [0.5, 0.6) is 0 Å². The fourth-order valence-corrected chi connectivity index (χ4v) is 1.80. The maximum absolute atomic E-state index is 9.51. The van der Waals surface area contributed by atoms with Crippen LogP contribution < -0.4 is 0 Å². The van der Waals surface area contributed by atoms with E-state index in [1.165, 1.54) is 11.5 Å². The van der Waals surface area contributed by atoms with E-state index in [1.807, 2.05) is 0 Å². The molecule has 0 atom stereocenters. The number of aromatic nitrogens is 1. The quantitative estimate of drug-likeness (QED) is 0.254. The zero-order chi connectivity index (χ0) is 12.0. The maximum atomic E-state index is 9.51. The summed E-state index contributed by atoms with van der Waals surface area (Å²) in [6.45, 7) is 6.14. The summed E-state index contributed by atoms with van der Waals surface area (Å²) in [7, 11) is -0.623. The molecular weight excluding hydrogens is 225 g/mol. The molecule has 0 saturated carbocycles. The van der Waals surface area contributed by atoms with Crippen LogP contribution in [-0.4, -0.2) is 45.3 Å². The highest BCUT2D eigenvalue weighted by Gasteiger charge is 2.18. The highest BCUT2D eigenvalue weighted by molar-refractivity contribution is 7.08. The zero-order valence-electron chi connectivity index (χ0n) is 9.08. The number of hydrogen-bond acceptors (Lipinski definition) is 6. The highest BCUT2D eigenvalue weighted by atomic mass is 32.1. The van der Waals surface area contributed by atoms with Gasteiger partial charge in [0.05, 0.1) is 4.88 Å². The molecule has 0 bridgehead atoms. The van der Waals surface area contributed by atoms with Crippen molar-refractivity contribution in [3.8, 4) is 0 Å². The molecule has 0 aliphatic carbocycles. The molecule has 1 rings (SSSR count). The van der Waals surface area contributed by atoms with Crippen LogP contribution in [0.3, 0.4) is 0 Å². The first-order valence-electron chi connectivity index (χ1n) is 4.84. The lowest BCUT2D eigenvalue weighted by Crippen LogP contribution is -2.41. The first kappa shape index (κ1) is 12.9. The maximum Gasteiger partial charge on any atom is 0.377 e. The number of nitrogens with zero attached hydrogens (tertiary/aromatic N) is 3. The van der Waals surface area contributed by atoms with Crippen molar-refractivity contribution >= 4 is 24.3 Å². The Morgan fingerprint density at radius 1 is 1.81 bits per heavy atom. The summed E-state index contributed by atoms with van der Waals surface area (Å²) < 4.78 is 3.94.